The minimum atomic E-state index is -0.424. The van der Waals surface area contributed by atoms with Gasteiger partial charge in [-0.15, -0.1) is 0 Å². The summed E-state index contributed by atoms with van der Waals surface area (Å²) in [6.07, 6.45) is 0. The van der Waals surface area contributed by atoms with Crippen molar-refractivity contribution >= 4 is 11.4 Å². The molecule has 0 aliphatic heterocycles. The average Bonchev–Trinajstić information content (AvgIpc) is 2.48. The van der Waals surface area contributed by atoms with Crippen molar-refractivity contribution in [2.75, 3.05) is 0 Å². The fraction of sp³-hybridized carbons (Fsp3) is 0.133. The number of oxime groups is 1. The Morgan fingerprint density at radius 3 is 2.50 bits per heavy atom. The van der Waals surface area contributed by atoms with E-state index in [1.54, 1.807) is 18.2 Å². The molecule has 0 aliphatic rings. The molecular weight excluding hydrogens is 256 g/mol. The van der Waals surface area contributed by atoms with Crippen molar-refractivity contribution in [3.8, 4) is 0 Å². The second-order valence-corrected chi connectivity index (χ2v) is 4.20. The maximum atomic E-state index is 10.9. The lowest BCUT2D eigenvalue weighted by molar-refractivity contribution is -0.386. The van der Waals surface area contributed by atoms with Crippen molar-refractivity contribution in [3.63, 3.8) is 0 Å². The predicted molar refractivity (Wildman–Crippen MR) is 76.5 cm³/mol. The Hall–Kier alpha value is -2.69. The van der Waals surface area contributed by atoms with Gasteiger partial charge in [0.25, 0.3) is 5.69 Å². The van der Waals surface area contributed by atoms with E-state index in [-0.39, 0.29) is 12.3 Å². The highest BCUT2D eigenvalue weighted by Crippen LogP contribution is 2.18. The summed E-state index contributed by atoms with van der Waals surface area (Å²) in [6.45, 7) is 1.90. The van der Waals surface area contributed by atoms with Gasteiger partial charge in [-0.2, -0.15) is 0 Å². The summed E-state index contributed by atoms with van der Waals surface area (Å²) < 4.78 is 0. The lowest BCUT2D eigenvalue weighted by Gasteiger charge is -2.03. The van der Waals surface area contributed by atoms with Gasteiger partial charge >= 0.3 is 0 Å². The highest BCUT2D eigenvalue weighted by Gasteiger charge is 2.12. The van der Waals surface area contributed by atoms with E-state index in [1.165, 1.54) is 6.07 Å². The van der Waals surface area contributed by atoms with E-state index in [9.17, 15) is 10.1 Å². The van der Waals surface area contributed by atoms with Gasteiger partial charge in [0.2, 0.25) is 0 Å². The summed E-state index contributed by atoms with van der Waals surface area (Å²) in [6, 6.07) is 16.1. The van der Waals surface area contributed by atoms with E-state index in [0.29, 0.717) is 5.56 Å². The fourth-order valence-electron chi connectivity index (χ4n) is 1.74. The molecular formula is C15H14N2O3. The summed E-state index contributed by atoms with van der Waals surface area (Å²) in [5.41, 5.74) is 2.22. The van der Waals surface area contributed by atoms with Crippen molar-refractivity contribution in [2.24, 2.45) is 5.16 Å². The minimum Gasteiger partial charge on any atom is -0.390 e. The van der Waals surface area contributed by atoms with Crippen LogP contribution in [0.4, 0.5) is 5.69 Å². The third kappa shape index (κ3) is 3.41. The van der Waals surface area contributed by atoms with E-state index in [1.807, 2.05) is 37.3 Å². The minimum absolute atomic E-state index is 0.0417. The van der Waals surface area contributed by atoms with Gasteiger partial charge in [0, 0.05) is 6.07 Å². The first-order valence-corrected chi connectivity index (χ1v) is 6.13. The van der Waals surface area contributed by atoms with Gasteiger partial charge in [0.05, 0.1) is 16.2 Å². The van der Waals surface area contributed by atoms with Crippen molar-refractivity contribution in [1.82, 2.24) is 0 Å². The zero-order valence-electron chi connectivity index (χ0n) is 11.0. The van der Waals surface area contributed by atoms with Crippen molar-refractivity contribution in [1.29, 1.82) is 0 Å². The highest BCUT2D eigenvalue weighted by molar-refractivity contribution is 5.98. The second kappa shape index (κ2) is 6.47. The number of nitro groups is 1. The molecule has 0 aliphatic carbocycles. The summed E-state index contributed by atoms with van der Waals surface area (Å²) in [4.78, 5) is 15.6. The number of hydrogen-bond acceptors (Lipinski definition) is 4. The van der Waals surface area contributed by atoms with Gasteiger partial charge < -0.3 is 4.84 Å². The van der Waals surface area contributed by atoms with Crippen molar-refractivity contribution < 1.29 is 9.76 Å². The number of para-hydroxylation sites is 1. The third-order valence-corrected chi connectivity index (χ3v) is 2.80. The number of hydrogen-bond donors (Lipinski definition) is 0. The number of rotatable bonds is 5. The van der Waals surface area contributed by atoms with Crippen LogP contribution in [-0.2, 0) is 11.4 Å². The van der Waals surface area contributed by atoms with Crippen LogP contribution >= 0.6 is 0 Å². The largest absolute Gasteiger partial charge is 0.390 e. The smallest absolute Gasteiger partial charge is 0.276 e. The first-order chi connectivity index (χ1) is 9.68. The Kier molecular flexibility index (Phi) is 4.44. The average molecular weight is 270 g/mol. The van der Waals surface area contributed by atoms with Crippen LogP contribution in [0.3, 0.4) is 0 Å². The van der Waals surface area contributed by atoms with Gasteiger partial charge in [0.1, 0.15) is 6.61 Å². The standard InChI is InChI=1S/C15H14N2O3/c1-12(13-7-3-2-4-8-13)16-20-11-14-9-5-6-10-15(14)17(18)19/h2-10H,11H2,1H3/b16-12+. The van der Waals surface area contributed by atoms with Crippen molar-refractivity contribution in [2.45, 2.75) is 13.5 Å². The molecule has 5 nitrogen and oxygen atoms in total. The van der Waals surface area contributed by atoms with E-state index in [4.69, 9.17) is 4.84 Å². The fourth-order valence-corrected chi connectivity index (χ4v) is 1.74. The van der Waals surface area contributed by atoms with Crippen LogP contribution in [0.2, 0.25) is 0 Å². The maximum absolute atomic E-state index is 10.9. The van der Waals surface area contributed by atoms with Crippen LogP contribution < -0.4 is 0 Å². The first-order valence-electron chi connectivity index (χ1n) is 6.13. The van der Waals surface area contributed by atoms with Gasteiger partial charge in [-0.1, -0.05) is 47.6 Å². The Morgan fingerprint density at radius 1 is 1.15 bits per heavy atom. The highest BCUT2D eigenvalue weighted by atomic mass is 16.6. The molecule has 2 aromatic carbocycles. The van der Waals surface area contributed by atoms with Crippen LogP contribution in [0.5, 0.6) is 0 Å². The third-order valence-electron chi connectivity index (χ3n) is 2.80. The quantitative estimate of drug-likeness (QED) is 0.474. The molecule has 0 unspecified atom stereocenters. The van der Waals surface area contributed by atoms with Crippen LogP contribution in [0.15, 0.2) is 59.8 Å². The Morgan fingerprint density at radius 2 is 1.80 bits per heavy atom. The molecule has 2 rings (SSSR count). The molecule has 5 heteroatoms. The van der Waals surface area contributed by atoms with Crippen LogP contribution in [0, 0.1) is 10.1 Å². The molecule has 0 saturated carbocycles. The van der Waals surface area contributed by atoms with Gasteiger partial charge in [0.15, 0.2) is 0 Å². The molecule has 0 fully saturated rings. The molecule has 0 spiro atoms. The van der Waals surface area contributed by atoms with Gasteiger partial charge in [-0.3, -0.25) is 10.1 Å². The maximum Gasteiger partial charge on any atom is 0.276 e. The van der Waals surface area contributed by atoms with Crippen LogP contribution in [0.25, 0.3) is 0 Å². The monoisotopic (exact) mass is 270 g/mol. The van der Waals surface area contributed by atoms with Gasteiger partial charge in [-0.25, -0.2) is 0 Å². The lowest BCUT2D eigenvalue weighted by Crippen LogP contribution is -1.99. The molecule has 0 aromatic heterocycles. The molecule has 0 bridgehead atoms. The van der Waals surface area contributed by atoms with Crippen molar-refractivity contribution in [3.05, 3.63) is 75.8 Å². The second-order valence-electron chi connectivity index (χ2n) is 4.20. The zero-order chi connectivity index (χ0) is 14.4. The van der Waals surface area contributed by atoms with E-state index < -0.39 is 4.92 Å². The number of nitro benzene ring substituents is 1. The topological polar surface area (TPSA) is 64.7 Å². The van der Waals surface area contributed by atoms with E-state index in [0.717, 1.165) is 11.3 Å². The molecule has 20 heavy (non-hydrogen) atoms. The molecule has 0 amide bonds. The first kappa shape index (κ1) is 13.7. The molecule has 0 heterocycles. The molecule has 0 saturated heterocycles. The normalized spacial score (nSPS) is 11.2. The molecule has 102 valence electrons. The summed E-state index contributed by atoms with van der Waals surface area (Å²) in [7, 11) is 0. The Bertz CT molecular complexity index is 624. The molecule has 2 aromatic rings. The van der Waals surface area contributed by atoms with Crippen LogP contribution in [-0.4, -0.2) is 10.6 Å². The molecule has 0 N–H and O–H groups in total. The Labute approximate surface area is 116 Å². The van der Waals surface area contributed by atoms with E-state index >= 15 is 0 Å². The number of benzene rings is 2. The summed E-state index contributed by atoms with van der Waals surface area (Å²) in [5.74, 6) is 0. The summed E-state index contributed by atoms with van der Waals surface area (Å²) in [5, 5.41) is 14.8. The summed E-state index contributed by atoms with van der Waals surface area (Å²) >= 11 is 0. The zero-order valence-corrected chi connectivity index (χ0v) is 11.0. The van der Waals surface area contributed by atoms with E-state index in [2.05, 4.69) is 5.16 Å². The van der Waals surface area contributed by atoms with Gasteiger partial charge in [-0.05, 0) is 18.6 Å². The molecule has 0 atom stereocenters. The SMILES string of the molecule is C/C(=N\OCc1ccccc1[N+](=O)[O-])c1ccccc1. The lowest BCUT2D eigenvalue weighted by atomic mass is 10.1. The Balaban J connectivity index is 2.05. The molecule has 0 radical (unpaired) electrons. The predicted octanol–water partition coefficient (Wildman–Crippen LogP) is 3.54. The number of nitrogens with zero attached hydrogens (tertiary/aromatic N) is 2. The van der Waals surface area contributed by atoms with Crippen LogP contribution in [0.1, 0.15) is 18.1 Å².